The van der Waals surface area contributed by atoms with Crippen LogP contribution in [0, 0.1) is 17.5 Å². The fraction of sp³-hybridized carbons (Fsp3) is 0.333. The van der Waals surface area contributed by atoms with E-state index in [1.807, 2.05) is 0 Å². The SMILES string of the molecule is O=C1CN(CC(=O)Nc2ccc(F)c(F)c2F)CCN1. The van der Waals surface area contributed by atoms with Gasteiger partial charge in [0.1, 0.15) is 0 Å². The van der Waals surface area contributed by atoms with Gasteiger partial charge in [-0.3, -0.25) is 14.5 Å². The molecule has 1 fully saturated rings. The van der Waals surface area contributed by atoms with E-state index < -0.39 is 29.0 Å². The molecule has 0 bridgehead atoms. The fourth-order valence-electron chi connectivity index (χ4n) is 1.84. The molecule has 1 aliphatic rings. The molecule has 0 aliphatic carbocycles. The highest BCUT2D eigenvalue weighted by Gasteiger charge is 2.20. The van der Waals surface area contributed by atoms with Crippen LogP contribution in [-0.4, -0.2) is 42.9 Å². The highest BCUT2D eigenvalue weighted by atomic mass is 19.2. The monoisotopic (exact) mass is 287 g/mol. The predicted molar refractivity (Wildman–Crippen MR) is 64.4 cm³/mol. The van der Waals surface area contributed by atoms with Crippen LogP contribution in [0.4, 0.5) is 18.9 Å². The van der Waals surface area contributed by atoms with Crippen molar-refractivity contribution >= 4 is 17.5 Å². The second-order valence-electron chi connectivity index (χ2n) is 4.33. The smallest absolute Gasteiger partial charge is 0.238 e. The molecule has 0 saturated carbocycles. The van der Waals surface area contributed by atoms with Gasteiger partial charge in [-0.15, -0.1) is 0 Å². The summed E-state index contributed by atoms with van der Waals surface area (Å²) in [5.41, 5.74) is -0.435. The average Bonchev–Trinajstić information content (AvgIpc) is 2.39. The largest absolute Gasteiger partial charge is 0.354 e. The third-order valence-electron chi connectivity index (χ3n) is 2.79. The first-order chi connectivity index (χ1) is 9.47. The van der Waals surface area contributed by atoms with E-state index in [4.69, 9.17) is 0 Å². The number of carbonyl (C=O) groups is 2. The van der Waals surface area contributed by atoms with Gasteiger partial charge < -0.3 is 10.6 Å². The Morgan fingerprint density at radius 1 is 1.30 bits per heavy atom. The van der Waals surface area contributed by atoms with E-state index in [-0.39, 0.29) is 19.0 Å². The van der Waals surface area contributed by atoms with Crippen LogP contribution in [0.15, 0.2) is 12.1 Å². The molecule has 8 heteroatoms. The molecule has 0 radical (unpaired) electrons. The molecule has 0 spiro atoms. The number of hydrogen-bond donors (Lipinski definition) is 2. The minimum Gasteiger partial charge on any atom is -0.354 e. The summed E-state index contributed by atoms with van der Waals surface area (Å²) in [5, 5.41) is 4.74. The molecule has 1 aromatic carbocycles. The maximum absolute atomic E-state index is 13.4. The summed E-state index contributed by atoms with van der Waals surface area (Å²) in [6.07, 6.45) is 0. The third-order valence-corrected chi connectivity index (χ3v) is 2.79. The van der Waals surface area contributed by atoms with Crippen LogP contribution in [0.25, 0.3) is 0 Å². The Balaban J connectivity index is 1.98. The topological polar surface area (TPSA) is 61.4 Å². The molecule has 5 nitrogen and oxygen atoms in total. The zero-order valence-corrected chi connectivity index (χ0v) is 10.4. The van der Waals surface area contributed by atoms with Crippen molar-refractivity contribution in [2.45, 2.75) is 0 Å². The molecule has 20 heavy (non-hydrogen) atoms. The molecule has 2 rings (SSSR count). The van der Waals surface area contributed by atoms with Crippen LogP contribution in [0.3, 0.4) is 0 Å². The second-order valence-corrected chi connectivity index (χ2v) is 4.33. The van der Waals surface area contributed by atoms with Crippen molar-refractivity contribution in [2.75, 3.05) is 31.5 Å². The Kier molecular flexibility index (Phi) is 4.23. The van der Waals surface area contributed by atoms with Gasteiger partial charge in [-0.05, 0) is 12.1 Å². The zero-order valence-electron chi connectivity index (χ0n) is 10.4. The van der Waals surface area contributed by atoms with Crippen LogP contribution in [0.5, 0.6) is 0 Å². The summed E-state index contributed by atoms with van der Waals surface area (Å²) < 4.78 is 39.1. The first kappa shape index (κ1) is 14.3. The van der Waals surface area contributed by atoms with Crippen LogP contribution < -0.4 is 10.6 Å². The predicted octanol–water partition coefficient (Wildman–Crippen LogP) is 0.474. The Bertz CT molecular complexity index is 551. The van der Waals surface area contributed by atoms with Crippen molar-refractivity contribution in [3.8, 4) is 0 Å². The fourth-order valence-corrected chi connectivity index (χ4v) is 1.84. The number of anilines is 1. The highest BCUT2D eigenvalue weighted by molar-refractivity contribution is 5.92. The molecular formula is C12H12F3N3O2. The van der Waals surface area contributed by atoms with Gasteiger partial charge in [0.05, 0.1) is 18.8 Å². The standard InChI is InChI=1S/C12H12F3N3O2/c13-7-1-2-8(12(15)11(7)14)17-10(20)6-18-4-3-16-9(19)5-18/h1-2H,3-6H2,(H,16,19)(H,17,20). The summed E-state index contributed by atoms with van der Waals surface area (Å²) in [7, 11) is 0. The molecule has 2 N–H and O–H groups in total. The maximum atomic E-state index is 13.4. The summed E-state index contributed by atoms with van der Waals surface area (Å²) in [5.74, 6) is -5.23. The molecule has 1 saturated heterocycles. The number of benzene rings is 1. The number of halogens is 3. The summed E-state index contributed by atoms with van der Waals surface area (Å²) in [6, 6.07) is 1.66. The molecule has 1 aromatic rings. The lowest BCUT2D eigenvalue weighted by Gasteiger charge is -2.25. The van der Waals surface area contributed by atoms with Crippen molar-refractivity contribution in [1.82, 2.24) is 10.2 Å². The summed E-state index contributed by atoms with van der Waals surface area (Å²) >= 11 is 0. The lowest BCUT2D eigenvalue weighted by molar-refractivity contribution is -0.125. The Morgan fingerprint density at radius 2 is 2.05 bits per heavy atom. The lowest BCUT2D eigenvalue weighted by atomic mass is 10.2. The van der Waals surface area contributed by atoms with E-state index in [1.165, 1.54) is 0 Å². The Labute approximate surface area is 112 Å². The van der Waals surface area contributed by atoms with E-state index in [2.05, 4.69) is 10.6 Å². The van der Waals surface area contributed by atoms with Crippen LogP contribution in [-0.2, 0) is 9.59 Å². The minimum atomic E-state index is -1.64. The molecule has 0 atom stereocenters. The van der Waals surface area contributed by atoms with Crippen LogP contribution in [0.1, 0.15) is 0 Å². The zero-order chi connectivity index (χ0) is 14.7. The maximum Gasteiger partial charge on any atom is 0.238 e. The van der Waals surface area contributed by atoms with Crippen LogP contribution >= 0.6 is 0 Å². The van der Waals surface area contributed by atoms with Gasteiger partial charge in [-0.1, -0.05) is 0 Å². The van der Waals surface area contributed by atoms with Gasteiger partial charge in [-0.2, -0.15) is 0 Å². The molecule has 1 aliphatic heterocycles. The number of carbonyl (C=O) groups excluding carboxylic acids is 2. The van der Waals surface area contributed by atoms with E-state index in [0.717, 1.165) is 12.1 Å². The van der Waals surface area contributed by atoms with Gasteiger partial charge in [0, 0.05) is 13.1 Å². The number of amides is 2. The first-order valence-corrected chi connectivity index (χ1v) is 5.90. The van der Waals surface area contributed by atoms with Gasteiger partial charge >= 0.3 is 0 Å². The summed E-state index contributed by atoms with van der Waals surface area (Å²) in [4.78, 5) is 24.3. The molecule has 2 amide bonds. The van der Waals surface area contributed by atoms with Gasteiger partial charge in [0.25, 0.3) is 0 Å². The summed E-state index contributed by atoms with van der Waals surface area (Å²) in [6.45, 7) is 0.838. The van der Waals surface area contributed by atoms with Crippen molar-refractivity contribution < 1.29 is 22.8 Å². The molecule has 108 valence electrons. The minimum absolute atomic E-state index is 0.0632. The number of nitrogens with one attached hydrogen (secondary N) is 2. The first-order valence-electron chi connectivity index (χ1n) is 5.90. The van der Waals surface area contributed by atoms with Crippen molar-refractivity contribution in [3.63, 3.8) is 0 Å². The number of piperazine rings is 1. The van der Waals surface area contributed by atoms with E-state index in [0.29, 0.717) is 13.1 Å². The Morgan fingerprint density at radius 3 is 2.75 bits per heavy atom. The van der Waals surface area contributed by atoms with Crippen molar-refractivity contribution in [2.24, 2.45) is 0 Å². The number of rotatable bonds is 3. The number of hydrogen-bond acceptors (Lipinski definition) is 3. The average molecular weight is 287 g/mol. The lowest BCUT2D eigenvalue weighted by Crippen LogP contribution is -2.49. The Hall–Kier alpha value is -2.09. The molecule has 0 aromatic heterocycles. The number of nitrogens with zero attached hydrogens (tertiary/aromatic N) is 1. The molecule has 0 unspecified atom stereocenters. The molecular weight excluding hydrogens is 275 g/mol. The highest BCUT2D eigenvalue weighted by Crippen LogP contribution is 2.19. The molecule has 1 heterocycles. The quantitative estimate of drug-likeness (QED) is 0.795. The third kappa shape index (κ3) is 3.27. The normalized spacial score (nSPS) is 15.8. The van der Waals surface area contributed by atoms with Crippen LogP contribution in [0.2, 0.25) is 0 Å². The van der Waals surface area contributed by atoms with E-state index >= 15 is 0 Å². The van der Waals surface area contributed by atoms with E-state index in [1.54, 1.807) is 4.90 Å². The second kappa shape index (κ2) is 5.91. The van der Waals surface area contributed by atoms with Crippen molar-refractivity contribution in [3.05, 3.63) is 29.6 Å². The van der Waals surface area contributed by atoms with Crippen molar-refractivity contribution in [1.29, 1.82) is 0 Å². The van der Waals surface area contributed by atoms with Gasteiger partial charge in [-0.25, -0.2) is 13.2 Å². The van der Waals surface area contributed by atoms with Gasteiger partial charge in [0.15, 0.2) is 17.5 Å². The van der Waals surface area contributed by atoms with E-state index in [9.17, 15) is 22.8 Å². The van der Waals surface area contributed by atoms with Gasteiger partial charge in [0.2, 0.25) is 11.8 Å².